The molecule has 0 bridgehead atoms. The number of furan rings is 1. The lowest BCUT2D eigenvalue weighted by Crippen LogP contribution is -2.22. The summed E-state index contributed by atoms with van der Waals surface area (Å²) in [6, 6.07) is 13.5. The van der Waals surface area contributed by atoms with Crippen molar-refractivity contribution in [1.82, 2.24) is 10.3 Å². The third-order valence-electron chi connectivity index (χ3n) is 3.03. The second kappa shape index (κ2) is 5.93. The Labute approximate surface area is 126 Å². The minimum absolute atomic E-state index is 0.122. The molecule has 0 unspecified atom stereocenters. The molecule has 0 aliphatic heterocycles. The Bertz CT molecular complexity index is 733. The topological polar surface area (TPSA) is 55.1 Å². The van der Waals surface area contributed by atoms with Gasteiger partial charge < -0.3 is 9.73 Å². The average Bonchev–Trinajstić information content (AvgIpc) is 3.15. The van der Waals surface area contributed by atoms with Crippen LogP contribution in [0.15, 0.2) is 53.1 Å². The van der Waals surface area contributed by atoms with Crippen LogP contribution in [-0.2, 0) is 6.54 Å². The van der Waals surface area contributed by atoms with Crippen LogP contribution in [0.5, 0.6) is 0 Å². The van der Waals surface area contributed by atoms with Gasteiger partial charge in [0.25, 0.3) is 5.91 Å². The van der Waals surface area contributed by atoms with Crippen LogP contribution >= 0.6 is 11.3 Å². The Hall–Kier alpha value is -2.40. The van der Waals surface area contributed by atoms with Crippen LogP contribution in [0.4, 0.5) is 0 Å². The number of carbonyl (C=O) groups is 1. The monoisotopic (exact) mass is 298 g/mol. The van der Waals surface area contributed by atoms with Crippen LogP contribution in [0.1, 0.15) is 21.1 Å². The molecule has 0 spiro atoms. The van der Waals surface area contributed by atoms with Gasteiger partial charge in [-0.1, -0.05) is 30.3 Å². The van der Waals surface area contributed by atoms with E-state index in [1.54, 1.807) is 12.3 Å². The van der Waals surface area contributed by atoms with Crippen LogP contribution in [-0.4, -0.2) is 10.9 Å². The highest BCUT2D eigenvalue weighted by atomic mass is 32.1. The summed E-state index contributed by atoms with van der Waals surface area (Å²) in [7, 11) is 0. The molecule has 0 atom stereocenters. The second-order valence-electron chi connectivity index (χ2n) is 4.56. The summed E-state index contributed by atoms with van der Waals surface area (Å²) in [6.07, 6.45) is 1.59. The SMILES string of the molecule is Cc1nc(-c2ccccc2)sc1C(=O)NCc1ccco1. The van der Waals surface area contributed by atoms with E-state index in [2.05, 4.69) is 10.3 Å². The Morgan fingerprint density at radius 1 is 1.24 bits per heavy atom. The summed E-state index contributed by atoms with van der Waals surface area (Å²) in [5, 5.41) is 3.70. The average molecular weight is 298 g/mol. The van der Waals surface area contributed by atoms with Gasteiger partial charge in [0, 0.05) is 5.56 Å². The molecule has 1 amide bonds. The van der Waals surface area contributed by atoms with Gasteiger partial charge in [0.05, 0.1) is 18.5 Å². The lowest BCUT2D eigenvalue weighted by molar-refractivity contribution is 0.0951. The summed E-state index contributed by atoms with van der Waals surface area (Å²) in [5.41, 5.74) is 1.77. The van der Waals surface area contributed by atoms with Gasteiger partial charge in [0.2, 0.25) is 0 Å². The molecular weight excluding hydrogens is 284 g/mol. The fourth-order valence-corrected chi connectivity index (χ4v) is 2.96. The smallest absolute Gasteiger partial charge is 0.263 e. The lowest BCUT2D eigenvalue weighted by Gasteiger charge is -2.01. The molecule has 1 aromatic carbocycles. The van der Waals surface area contributed by atoms with E-state index in [4.69, 9.17) is 4.42 Å². The minimum atomic E-state index is -0.122. The van der Waals surface area contributed by atoms with Crippen molar-refractivity contribution in [2.75, 3.05) is 0 Å². The standard InChI is InChI=1S/C16H14N2O2S/c1-11-14(15(19)17-10-13-8-5-9-20-13)21-16(18-11)12-6-3-2-4-7-12/h2-9H,10H2,1H3,(H,17,19). The molecule has 2 heterocycles. The van der Waals surface area contributed by atoms with Crippen LogP contribution in [0.2, 0.25) is 0 Å². The first-order chi connectivity index (χ1) is 10.2. The number of nitrogens with zero attached hydrogens (tertiary/aromatic N) is 1. The molecule has 3 rings (SSSR count). The number of hydrogen-bond acceptors (Lipinski definition) is 4. The van der Waals surface area contributed by atoms with E-state index in [0.29, 0.717) is 11.4 Å². The summed E-state index contributed by atoms with van der Waals surface area (Å²) < 4.78 is 5.20. The van der Waals surface area contributed by atoms with Crippen molar-refractivity contribution in [3.63, 3.8) is 0 Å². The predicted octanol–water partition coefficient (Wildman–Crippen LogP) is 3.64. The quantitative estimate of drug-likeness (QED) is 0.800. The number of hydrogen-bond donors (Lipinski definition) is 1. The maximum atomic E-state index is 12.2. The largest absolute Gasteiger partial charge is 0.467 e. The van der Waals surface area contributed by atoms with Crippen LogP contribution in [0.25, 0.3) is 10.6 Å². The molecule has 2 aromatic heterocycles. The summed E-state index contributed by atoms with van der Waals surface area (Å²) in [5.74, 6) is 0.609. The molecule has 0 fully saturated rings. The highest BCUT2D eigenvalue weighted by molar-refractivity contribution is 7.17. The lowest BCUT2D eigenvalue weighted by atomic mass is 10.2. The van der Waals surface area contributed by atoms with Crippen molar-refractivity contribution in [2.45, 2.75) is 13.5 Å². The van der Waals surface area contributed by atoms with Gasteiger partial charge in [-0.3, -0.25) is 4.79 Å². The minimum Gasteiger partial charge on any atom is -0.467 e. The fourth-order valence-electron chi connectivity index (χ4n) is 1.97. The first kappa shape index (κ1) is 13.6. The molecule has 0 aliphatic carbocycles. The van der Waals surface area contributed by atoms with Gasteiger partial charge in [0.1, 0.15) is 15.6 Å². The fraction of sp³-hybridized carbons (Fsp3) is 0.125. The van der Waals surface area contributed by atoms with E-state index < -0.39 is 0 Å². The summed E-state index contributed by atoms with van der Waals surface area (Å²) in [6.45, 7) is 2.23. The van der Waals surface area contributed by atoms with Crippen molar-refractivity contribution < 1.29 is 9.21 Å². The van der Waals surface area contributed by atoms with E-state index in [9.17, 15) is 4.79 Å². The normalized spacial score (nSPS) is 10.5. The Balaban J connectivity index is 1.76. The third kappa shape index (κ3) is 3.03. The first-order valence-electron chi connectivity index (χ1n) is 6.57. The molecule has 0 aliphatic rings. The molecule has 5 heteroatoms. The Morgan fingerprint density at radius 2 is 2.05 bits per heavy atom. The maximum absolute atomic E-state index is 12.2. The molecule has 4 nitrogen and oxygen atoms in total. The van der Waals surface area contributed by atoms with E-state index in [0.717, 1.165) is 22.0 Å². The van der Waals surface area contributed by atoms with Gasteiger partial charge in [-0.15, -0.1) is 11.3 Å². The van der Waals surface area contributed by atoms with E-state index in [-0.39, 0.29) is 5.91 Å². The Morgan fingerprint density at radius 3 is 2.76 bits per heavy atom. The van der Waals surface area contributed by atoms with Crippen molar-refractivity contribution in [2.24, 2.45) is 0 Å². The Kier molecular flexibility index (Phi) is 3.83. The van der Waals surface area contributed by atoms with Crippen molar-refractivity contribution >= 4 is 17.2 Å². The number of aryl methyl sites for hydroxylation is 1. The van der Waals surface area contributed by atoms with Crippen LogP contribution in [0, 0.1) is 6.92 Å². The second-order valence-corrected chi connectivity index (χ2v) is 5.56. The van der Waals surface area contributed by atoms with E-state index in [1.807, 2.05) is 43.3 Å². The number of carbonyl (C=O) groups excluding carboxylic acids is 1. The van der Waals surface area contributed by atoms with Gasteiger partial charge in [0.15, 0.2) is 0 Å². The van der Waals surface area contributed by atoms with Gasteiger partial charge >= 0.3 is 0 Å². The van der Waals surface area contributed by atoms with Crippen molar-refractivity contribution in [1.29, 1.82) is 0 Å². The van der Waals surface area contributed by atoms with Gasteiger partial charge in [-0.05, 0) is 19.1 Å². The predicted molar refractivity (Wildman–Crippen MR) is 82.2 cm³/mol. The van der Waals surface area contributed by atoms with Crippen molar-refractivity contribution in [3.8, 4) is 10.6 Å². The zero-order valence-electron chi connectivity index (χ0n) is 11.5. The molecule has 0 saturated heterocycles. The van der Waals surface area contributed by atoms with Crippen molar-refractivity contribution in [3.05, 3.63) is 65.1 Å². The number of rotatable bonds is 4. The molecule has 106 valence electrons. The van der Waals surface area contributed by atoms with E-state index in [1.165, 1.54) is 11.3 Å². The highest BCUT2D eigenvalue weighted by Gasteiger charge is 2.16. The maximum Gasteiger partial charge on any atom is 0.263 e. The van der Waals surface area contributed by atoms with E-state index >= 15 is 0 Å². The van der Waals surface area contributed by atoms with Crippen LogP contribution < -0.4 is 5.32 Å². The number of benzene rings is 1. The highest BCUT2D eigenvalue weighted by Crippen LogP contribution is 2.27. The summed E-state index contributed by atoms with van der Waals surface area (Å²) >= 11 is 1.40. The molecule has 1 N–H and O–H groups in total. The number of aromatic nitrogens is 1. The number of amides is 1. The van der Waals surface area contributed by atoms with Gasteiger partial charge in [-0.2, -0.15) is 0 Å². The molecule has 0 radical (unpaired) electrons. The third-order valence-corrected chi connectivity index (χ3v) is 4.23. The zero-order chi connectivity index (χ0) is 14.7. The zero-order valence-corrected chi connectivity index (χ0v) is 12.3. The molecule has 0 saturated carbocycles. The summed E-state index contributed by atoms with van der Waals surface area (Å²) in [4.78, 5) is 17.3. The number of thiazole rings is 1. The first-order valence-corrected chi connectivity index (χ1v) is 7.39. The molecule has 3 aromatic rings. The van der Waals surface area contributed by atoms with Gasteiger partial charge in [-0.25, -0.2) is 4.98 Å². The molecular formula is C16H14N2O2S. The number of nitrogens with one attached hydrogen (secondary N) is 1. The van der Waals surface area contributed by atoms with Crippen LogP contribution in [0.3, 0.4) is 0 Å². The molecule has 21 heavy (non-hydrogen) atoms.